The normalized spacial score (nSPS) is 12.2. The molecule has 3 aromatic carbocycles. The van der Waals surface area contributed by atoms with Crippen molar-refractivity contribution in [3.8, 4) is 0 Å². The van der Waals surface area contributed by atoms with Crippen LogP contribution in [0.25, 0.3) is 5.57 Å². The summed E-state index contributed by atoms with van der Waals surface area (Å²) in [4.78, 5) is 0. The summed E-state index contributed by atoms with van der Waals surface area (Å²) in [6.07, 6.45) is 4.93. The molecule has 3 aromatic rings. The standard InChI is InChI=1S/C28H29Si.3ClH.Ti/c1-19-11-20(2)14-25(13-19)29(26-15-21(3)12-22(4)16-26)27-17-23(5)28(18-27)24-9-7-6-8-10-24;;;;/h6-16,29H,17H2,1-5H3;3*1H;/q-1;;;;+4/p-3. The van der Waals surface area contributed by atoms with E-state index in [2.05, 4.69) is 107 Å². The van der Waals surface area contributed by atoms with Crippen LogP contribution in [-0.2, 0) is 21.7 Å². The van der Waals surface area contributed by atoms with Crippen LogP contribution in [-0.4, -0.2) is 8.80 Å². The van der Waals surface area contributed by atoms with Crippen molar-refractivity contribution >= 4 is 24.7 Å². The molecular weight excluding hydrogens is 519 g/mol. The maximum Gasteiger partial charge on any atom is 4.00 e. The third kappa shape index (κ3) is 7.46. The SMILES string of the molecule is CC1=C(c2ccccc2)[C-]=C([SiH](c2cc(C)cc(C)c2)c2cc(C)cc(C)c2)C1.[Cl-].[Cl-].[Cl-].[Ti+4]. The largest absolute Gasteiger partial charge is 4.00 e. The summed E-state index contributed by atoms with van der Waals surface area (Å²) in [6.45, 7) is 11.1. The number of hydrogen-bond donors (Lipinski definition) is 0. The Bertz CT molecular complexity index is 1050. The van der Waals surface area contributed by atoms with Gasteiger partial charge in [-0.15, -0.1) is 22.9 Å². The summed E-state index contributed by atoms with van der Waals surface area (Å²) < 4.78 is 0. The molecule has 0 atom stereocenters. The Morgan fingerprint density at radius 2 is 1.06 bits per heavy atom. The smallest absolute Gasteiger partial charge is 1.00 e. The first-order valence-corrected chi connectivity index (χ1v) is 12.2. The Morgan fingerprint density at radius 3 is 1.48 bits per heavy atom. The molecule has 0 fully saturated rings. The molecule has 0 N–H and O–H groups in total. The molecule has 1 aliphatic carbocycles. The Balaban J connectivity index is 0.00000256. The minimum atomic E-state index is -1.55. The second-order valence-electron chi connectivity index (χ2n) is 8.62. The summed E-state index contributed by atoms with van der Waals surface area (Å²) in [5.41, 5.74) is 9.45. The quantitative estimate of drug-likeness (QED) is 0.234. The Morgan fingerprint density at radius 1 is 0.636 bits per heavy atom. The number of rotatable bonds is 4. The van der Waals surface area contributed by atoms with Gasteiger partial charge in [0, 0.05) is 0 Å². The van der Waals surface area contributed by atoms with Gasteiger partial charge in [-0.25, -0.2) is 0 Å². The van der Waals surface area contributed by atoms with E-state index in [0.717, 1.165) is 6.42 Å². The van der Waals surface area contributed by atoms with E-state index in [9.17, 15) is 0 Å². The number of hydrogen-bond acceptors (Lipinski definition) is 0. The first-order valence-electron chi connectivity index (χ1n) is 10.4. The molecule has 0 radical (unpaired) electrons. The number of aryl methyl sites for hydroxylation is 4. The molecule has 0 bridgehead atoms. The Kier molecular flexibility index (Phi) is 13.3. The van der Waals surface area contributed by atoms with Crippen molar-refractivity contribution in [3.05, 3.63) is 111 Å². The van der Waals surface area contributed by atoms with Crippen LogP contribution in [0, 0.1) is 33.8 Å². The van der Waals surface area contributed by atoms with Gasteiger partial charge in [-0.2, -0.15) is 17.2 Å². The molecule has 170 valence electrons. The van der Waals surface area contributed by atoms with Gasteiger partial charge in [-0.3, -0.25) is 0 Å². The maximum absolute atomic E-state index is 3.89. The molecule has 0 saturated heterocycles. The molecular formula is C28H29Cl3SiTi. The Hall–Kier alpha value is -1.06. The molecule has 0 amide bonds. The third-order valence-electron chi connectivity index (χ3n) is 5.73. The molecule has 1 aliphatic rings. The number of benzene rings is 3. The summed E-state index contributed by atoms with van der Waals surface area (Å²) in [7, 11) is -1.55. The molecule has 5 heteroatoms. The fraction of sp³-hybridized carbons (Fsp3) is 0.214. The van der Waals surface area contributed by atoms with Crippen molar-refractivity contribution in [2.75, 3.05) is 0 Å². The maximum atomic E-state index is 3.89. The summed E-state index contributed by atoms with van der Waals surface area (Å²) in [5.74, 6) is 0. The first kappa shape index (κ1) is 31.9. The monoisotopic (exact) mass is 546 g/mol. The zero-order chi connectivity index (χ0) is 20.5. The average Bonchev–Trinajstić information content (AvgIpc) is 3.02. The number of allylic oxidation sites excluding steroid dienone is 4. The summed E-state index contributed by atoms with van der Waals surface area (Å²) in [6, 6.07) is 24.9. The molecule has 0 unspecified atom stereocenters. The summed E-state index contributed by atoms with van der Waals surface area (Å²) >= 11 is 0. The van der Waals surface area contributed by atoms with Crippen LogP contribution < -0.4 is 47.6 Å². The zero-order valence-corrected chi connectivity index (χ0v) is 24.8. The fourth-order valence-corrected chi connectivity index (χ4v) is 8.44. The second-order valence-corrected chi connectivity index (χ2v) is 11.5. The molecule has 0 nitrogen and oxygen atoms in total. The third-order valence-corrected chi connectivity index (χ3v) is 8.78. The first-order chi connectivity index (χ1) is 13.9. The van der Waals surface area contributed by atoms with E-state index in [1.165, 1.54) is 54.5 Å². The minimum Gasteiger partial charge on any atom is -1.00 e. The second kappa shape index (κ2) is 13.7. The van der Waals surface area contributed by atoms with E-state index in [0.29, 0.717) is 0 Å². The van der Waals surface area contributed by atoms with Gasteiger partial charge in [0.1, 0.15) is 8.80 Å². The fourth-order valence-electron chi connectivity index (χ4n) is 4.73. The van der Waals surface area contributed by atoms with Gasteiger partial charge in [-0.05, 0) is 27.7 Å². The van der Waals surface area contributed by atoms with Gasteiger partial charge in [0.25, 0.3) is 0 Å². The average molecular weight is 548 g/mol. The van der Waals surface area contributed by atoms with Crippen molar-refractivity contribution < 1.29 is 58.9 Å². The van der Waals surface area contributed by atoms with Crippen molar-refractivity contribution in [1.29, 1.82) is 0 Å². The van der Waals surface area contributed by atoms with Crippen LogP contribution >= 0.6 is 0 Å². The van der Waals surface area contributed by atoms with E-state index in [1.807, 2.05) is 0 Å². The zero-order valence-electron chi connectivity index (χ0n) is 19.8. The van der Waals surface area contributed by atoms with Crippen molar-refractivity contribution in [1.82, 2.24) is 0 Å². The van der Waals surface area contributed by atoms with Gasteiger partial charge < -0.3 is 37.2 Å². The van der Waals surface area contributed by atoms with Crippen molar-refractivity contribution in [2.45, 2.75) is 41.0 Å². The van der Waals surface area contributed by atoms with E-state index >= 15 is 0 Å². The van der Waals surface area contributed by atoms with E-state index in [1.54, 1.807) is 0 Å². The molecule has 0 spiro atoms. The number of halogens is 3. The van der Waals surface area contributed by atoms with Crippen LogP contribution in [0.3, 0.4) is 0 Å². The minimum absolute atomic E-state index is 0. The molecule has 0 saturated carbocycles. The van der Waals surface area contributed by atoms with E-state index in [4.69, 9.17) is 0 Å². The predicted octanol–water partition coefficient (Wildman–Crippen LogP) is -3.58. The van der Waals surface area contributed by atoms with Gasteiger partial charge in [0.05, 0.1) is 0 Å². The van der Waals surface area contributed by atoms with Crippen LogP contribution in [0.2, 0.25) is 0 Å². The van der Waals surface area contributed by atoms with E-state index in [-0.39, 0.29) is 58.9 Å². The van der Waals surface area contributed by atoms with Crippen LogP contribution in [0.4, 0.5) is 0 Å². The molecule has 0 aromatic heterocycles. The summed E-state index contributed by atoms with van der Waals surface area (Å²) in [5, 5.41) is 4.53. The predicted molar refractivity (Wildman–Crippen MR) is 129 cm³/mol. The van der Waals surface area contributed by atoms with Gasteiger partial charge in [0.15, 0.2) is 0 Å². The molecule has 33 heavy (non-hydrogen) atoms. The van der Waals surface area contributed by atoms with Gasteiger partial charge in [-0.1, -0.05) is 101 Å². The molecule has 0 heterocycles. The van der Waals surface area contributed by atoms with Crippen molar-refractivity contribution in [2.24, 2.45) is 0 Å². The van der Waals surface area contributed by atoms with Crippen LogP contribution in [0.5, 0.6) is 0 Å². The van der Waals surface area contributed by atoms with Gasteiger partial charge >= 0.3 is 21.7 Å². The molecule has 0 aliphatic heterocycles. The van der Waals surface area contributed by atoms with Crippen molar-refractivity contribution in [3.63, 3.8) is 0 Å². The van der Waals surface area contributed by atoms with Gasteiger partial charge in [0.2, 0.25) is 0 Å². The van der Waals surface area contributed by atoms with Crippen LogP contribution in [0.1, 0.15) is 41.2 Å². The Labute approximate surface area is 234 Å². The van der Waals surface area contributed by atoms with Crippen LogP contribution in [0.15, 0.2) is 77.5 Å². The van der Waals surface area contributed by atoms with E-state index < -0.39 is 8.80 Å². The molecule has 4 rings (SSSR count). The topological polar surface area (TPSA) is 0 Å².